The lowest BCUT2D eigenvalue weighted by Gasteiger charge is -1.94. The Morgan fingerprint density at radius 3 is 3.17 bits per heavy atom. The molecule has 2 heterocycles. The van der Waals surface area contributed by atoms with E-state index in [1.165, 1.54) is 4.90 Å². The third-order valence-corrected chi connectivity index (χ3v) is 2.87. The molecule has 0 fully saturated rings. The Bertz CT molecular complexity index is 490. The van der Waals surface area contributed by atoms with Gasteiger partial charge in [-0.25, -0.2) is 9.98 Å². The molecule has 0 aromatic heterocycles. The minimum absolute atomic E-state index is 0.821. The SMILES string of the molecule is C1=Nc2c3c(ccc2=N1)=NCS3. The molecule has 0 amide bonds. The van der Waals surface area contributed by atoms with Crippen molar-refractivity contribution >= 4 is 23.8 Å². The first-order valence-corrected chi connectivity index (χ1v) is 4.64. The molecule has 0 atom stereocenters. The molecule has 0 bridgehead atoms. The molecule has 0 radical (unpaired) electrons. The molecular weight excluding hydrogens is 170 g/mol. The molecule has 3 nitrogen and oxygen atoms in total. The van der Waals surface area contributed by atoms with Gasteiger partial charge in [-0.05, 0) is 12.1 Å². The Labute approximate surface area is 73.0 Å². The van der Waals surface area contributed by atoms with E-state index in [0.717, 1.165) is 22.3 Å². The smallest absolute Gasteiger partial charge is 0.116 e. The maximum atomic E-state index is 4.32. The lowest BCUT2D eigenvalue weighted by molar-refractivity contribution is 1.19. The molecule has 1 aromatic rings. The molecule has 0 aliphatic carbocycles. The third-order valence-electron chi connectivity index (χ3n) is 1.92. The molecule has 0 spiro atoms. The molecule has 0 N–H and O–H groups in total. The first-order chi connectivity index (χ1) is 5.95. The van der Waals surface area contributed by atoms with Crippen molar-refractivity contribution in [3.8, 4) is 0 Å². The number of benzene rings is 1. The van der Waals surface area contributed by atoms with Gasteiger partial charge in [-0.1, -0.05) is 11.8 Å². The second-order valence-electron chi connectivity index (χ2n) is 2.59. The summed E-state index contributed by atoms with van der Waals surface area (Å²) in [4.78, 5) is 13.8. The highest BCUT2D eigenvalue weighted by Gasteiger charge is 2.13. The van der Waals surface area contributed by atoms with Crippen LogP contribution in [0.15, 0.2) is 32.0 Å². The Hall–Kier alpha value is -1.16. The van der Waals surface area contributed by atoms with Crippen LogP contribution in [0, 0.1) is 0 Å². The van der Waals surface area contributed by atoms with Crippen LogP contribution in [0.1, 0.15) is 0 Å². The van der Waals surface area contributed by atoms with E-state index in [0.29, 0.717) is 0 Å². The summed E-state index contributed by atoms with van der Waals surface area (Å²) in [5.74, 6) is 0.821. The van der Waals surface area contributed by atoms with E-state index in [1.54, 1.807) is 18.1 Å². The van der Waals surface area contributed by atoms with E-state index in [9.17, 15) is 0 Å². The Morgan fingerprint density at radius 1 is 1.25 bits per heavy atom. The molecule has 0 saturated heterocycles. The Kier molecular flexibility index (Phi) is 1.15. The standard InChI is InChI=1S/C8H5N3S/c1-2-6-8(12-4-11-6)7-5(1)9-3-10-7/h1-3H,4H2. The minimum atomic E-state index is 0.821. The summed E-state index contributed by atoms with van der Waals surface area (Å²) in [6.45, 7) is 0. The largest absolute Gasteiger partial charge is 0.273 e. The normalized spacial score (nSPS) is 16.7. The predicted molar refractivity (Wildman–Crippen MR) is 47.6 cm³/mol. The van der Waals surface area contributed by atoms with Crippen molar-refractivity contribution in [3.63, 3.8) is 0 Å². The molecule has 58 valence electrons. The highest BCUT2D eigenvalue weighted by molar-refractivity contribution is 7.99. The predicted octanol–water partition coefficient (Wildman–Crippen LogP) is 0.662. The third kappa shape index (κ3) is 0.701. The second kappa shape index (κ2) is 2.17. The van der Waals surface area contributed by atoms with Crippen molar-refractivity contribution < 1.29 is 0 Å². The van der Waals surface area contributed by atoms with Crippen LogP contribution in [0.2, 0.25) is 0 Å². The van der Waals surface area contributed by atoms with E-state index in [-0.39, 0.29) is 0 Å². The van der Waals surface area contributed by atoms with E-state index >= 15 is 0 Å². The lowest BCUT2D eigenvalue weighted by atomic mass is 10.3. The molecule has 2 aliphatic heterocycles. The maximum absolute atomic E-state index is 4.32. The van der Waals surface area contributed by atoms with Crippen LogP contribution in [0.3, 0.4) is 0 Å². The summed E-state index contributed by atoms with van der Waals surface area (Å²) >= 11 is 1.73. The fourth-order valence-electron chi connectivity index (χ4n) is 1.36. The van der Waals surface area contributed by atoms with Crippen LogP contribution in [0.4, 0.5) is 5.69 Å². The summed E-state index contributed by atoms with van der Waals surface area (Å²) in [7, 11) is 0. The van der Waals surface area contributed by atoms with Crippen molar-refractivity contribution in [2.24, 2.45) is 15.0 Å². The van der Waals surface area contributed by atoms with Gasteiger partial charge in [0, 0.05) is 0 Å². The minimum Gasteiger partial charge on any atom is -0.273 e. The van der Waals surface area contributed by atoms with Gasteiger partial charge in [0.05, 0.1) is 21.5 Å². The number of fused-ring (bicyclic) bond motifs is 3. The number of rotatable bonds is 0. The molecule has 3 rings (SSSR count). The number of aliphatic imine (C=N–C) groups is 1. The monoisotopic (exact) mass is 175 g/mol. The van der Waals surface area contributed by atoms with Gasteiger partial charge in [-0.2, -0.15) is 0 Å². The fourth-order valence-corrected chi connectivity index (χ4v) is 2.27. The van der Waals surface area contributed by atoms with Crippen LogP contribution in [-0.4, -0.2) is 12.2 Å². The Morgan fingerprint density at radius 2 is 2.17 bits per heavy atom. The average Bonchev–Trinajstić information content (AvgIpc) is 2.71. The summed E-state index contributed by atoms with van der Waals surface area (Å²) in [5, 5.41) is 2.03. The Balaban J connectivity index is 2.50. The number of thioether (sulfide) groups is 1. The van der Waals surface area contributed by atoms with E-state index in [2.05, 4.69) is 15.0 Å². The van der Waals surface area contributed by atoms with Crippen molar-refractivity contribution in [2.45, 2.75) is 4.90 Å². The van der Waals surface area contributed by atoms with Gasteiger partial charge in [-0.3, -0.25) is 4.99 Å². The maximum Gasteiger partial charge on any atom is 0.116 e. The summed E-state index contributed by atoms with van der Waals surface area (Å²) in [5.41, 5.74) is 0.999. The quantitative estimate of drug-likeness (QED) is 0.570. The van der Waals surface area contributed by atoms with Crippen molar-refractivity contribution in [3.05, 3.63) is 22.8 Å². The first kappa shape index (κ1) is 6.37. The van der Waals surface area contributed by atoms with Gasteiger partial charge >= 0.3 is 0 Å². The van der Waals surface area contributed by atoms with Gasteiger partial charge in [0.1, 0.15) is 12.0 Å². The summed E-state index contributed by atoms with van der Waals surface area (Å²) in [6, 6.07) is 3.98. The molecule has 4 heteroatoms. The van der Waals surface area contributed by atoms with Crippen LogP contribution in [0.5, 0.6) is 0 Å². The van der Waals surface area contributed by atoms with Crippen LogP contribution >= 0.6 is 11.8 Å². The van der Waals surface area contributed by atoms with Crippen molar-refractivity contribution in [1.82, 2.24) is 0 Å². The highest BCUT2D eigenvalue weighted by Crippen LogP contribution is 2.26. The zero-order valence-corrected chi connectivity index (χ0v) is 7.01. The summed E-state index contributed by atoms with van der Waals surface area (Å²) in [6.07, 6.45) is 1.60. The molecule has 0 saturated carbocycles. The molecule has 2 aliphatic rings. The topological polar surface area (TPSA) is 37.1 Å². The highest BCUT2D eigenvalue weighted by atomic mass is 32.2. The molecule has 12 heavy (non-hydrogen) atoms. The van der Waals surface area contributed by atoms with Crippen molar-refractivity contribution in [2.75, 3.05) is 5.88 Å². The van der Waals surface area contributed by atoms with Crippen LogP contribution in [0.25, 0.3) is 0 Å². The van der Waals surface area contributed by atoms with E-state index < -0.39 is 0 Å². The van der Waals surface area contributed by atoms with Gasteiger partial charge in [-0.15, -0.1) is 0 Å². The van der Waals surface area contributed by atoms with Gasteiger partial charge < -0.3 is 0 Å². The van der Waals surface area contributed by atoms with Gasteiger partial charge in [0.25, 0.3) is 0 Å². The lowest BCUT2D eigenvalue weighted by Crippen LogP contribution is -2.08. The molecule has 1 aromatic carbocycles. The number of nitrogens with zero attached hydrogens (tertiary/aromatic N) is 3. The fraction of sp³-hybridized carbons (Fsp3) is 0.125. The number of hydrogen-bond donors (Lipinski definition) is 0. The summed E-state index contributed by atoms with van der Waals surface area (Å²) < 4.78 is 0. The average molecular weight is 175 g/mol. The zero-order valence-electron chi connectivity index (χ0n) is 6.19. The molecule has 0 unspecified atom stereocenters. The first-order valence-electron chi connectivity index (χ1n) is 3.66. The van der Waals surface area contributed by atoms with E-state index in [1.807, 2.05) is 12.1 Å². The molecular formula is C8H5N3S. The number of hydrogen-bond acceptors (Lipinski definition) is 4. The van der Waals surface area contributed by atoms with Crippen molar-refractivity contribution in [1.29, 1.82) is 0 Å². The van der Waals surface area contributed by atoms with Gasteiger partial charge in [0.2, 0.25) is 0 Å². The van der Waals surface area contributed by atoms with Crippen LogP contribution < -0.4 is 10.7 Å². The van der Waals surface area contributed by atoms with Crippen LogP contribution in [-0.2, 0) is 0 Å². The second-order valence-corrected chi connectivity index (χ2v) is 3.54. The van der Waals surface area contributed by atoms with Gasteiger partial charge in [0.15, 0.2) is 0 Å². The zero-order chi connectivity index (χ0) is 7.97. The van der Waals surface area contributed by atoms with E-state index in [4.69, 9.17) is 0 Å².